The van der Waals surface area contributed by atoms with E-state index >= 15 is 0 Å². The van der Waals surface area contributed by atoms with Crippen LogP contribution in [0.15, 0.2) is 18.2 Å². The summed E-state index contributed by atoms with van der Waals surface area (Å²) < 4.78 is 0. The molecule has 1 N–H and O–H groups in total. The smallest absolute Gasteiger partial charge is 0.0393 e. The van der Waals surface area contributed by atoms with Crippen LogP contribution in [0.2, 0.25) is 0 Å². The lowest BCUT2D eigenvalue weighted by atomic mass is 10.1. The normalized spacial score (nSPS) is 11.7. The van der Waals surface area contributed by atoms with Crippen LogP contribution in [-0.4, -0.2) is 19.1 Å². The summed E-state index contributed by atoms with van der Waals surface area (Å²) in [6.45, 7) is 13.0. The molecule has 102 valence electrons. The zero-order valence-electron chi connectivity index (χ0n) is 12.8. The van der Waals surface area contributed by atoms with Gasteiger partial charge in [-0.3, -0.25) is 0 Å². The largest absolute Gasteiger partial charge is 0.374 e. The van der Waals surface area contributed by atoms with Gasteiger partial charge in [0.2, 0.25) is 0 Å². The van der Waals surface area contributed by atoms with E-state index in [4.69, 9.17) is 0 Å². The molecule has 0 aliphatic rings. The summed E-state index contributed by atoms with van der Waals surface area (Å²) in [5, 5.41) is 3.53. The fourth-order valence-electron chi connectivity index (χ4n) is 2.08. The SMILES string of the molecule is CCCN(C)c1ccc(CNC(C)(C)C)cc1C. The molecule has 0 fully saturated rings. The summed E-state index contributed by atoms with van der Waals surface area (Å²) >= 11 is 0. The molecule has 1 aromatic carbocycles. The number of benzene rings is 1. The molecule has 18 heavy (non-hydrogen) atoms. The van der Waals surface area contributed by atoms with Gasteiger partial charge in [0.25, 0.3) is 0 Å². The van der Waals surface area contributed by atoms with E-state index in [1.165, 1.54) is 23.2 Å². The molecule has 0 saturated heterocycles. The first-order chi connectivity index (χ1) is 8.33. The molecule has 0 atom stereocenters. The van der Waals surface area contributed by atoms with Gasteiger partial charge in [0.15, 0.2) is 0 Å². The molecule has 0 unspecified atom stereocenters. The molecule has 0 aliphatic carbocycles. The second-order valence-corrected chi connectivity index (χ2v) is 6.15. The minimum Gasteiger partial charge on any atom is -0.374 e. The number of nitrogens with zero attached hydrogens (tertiary/aromatic N) is 1. The Kier molecular flexibility index (Phi) is 5.21. The van der Waals surface area contributed by atoms with E-state index in [1.807, 2.05) is 0 Å². The topological polar surface area (TPSA) is 15.3 Å². The molecule has 0 aliphatic heterocycles. The van der Waals surface area contributed by atoms with Crippen LogP contribution >= 0.6 is 0 Å². The van der Waals surface area contributed by atoms with Crippen molar-refractivity contribution < 1.29 is 0 Å². The summed E-state index contributed by atoms with van der Waals surface area (Å²) in [7, 11) is 2.17. The molecule has 1 rings (SSSR count). The van der Waals surface area contributed by atoms with Crippen molar-refractivity contribution >= 4 is 5.69 Å². The van der Waals surface area contributed by atoms with Gasteiger partial charge < -0.3 is 10.2 Å². The van der Waals surface area contributed by atoms with Crippen molar-refractivity contribution in [3.05, 3.63) is 29.3 Å². The van der Waals surface area contributed by atoms with Gasteiger partial charge in [-0.15, -0.1) is 0 Å². The fraction of sp³-hybridized carbons (Fsp3) is 0.625. The van der Waals surface area contributed by atoms with Crippen molar-refractivity contribution in [3.8, 4) is 0 Å². The Morgan fingerprint density at radius 1 is 1.22 bits per heavy atom. The first-order valence-corrected chi connectivity index (χ1v) is 6.89. The monoisotopic (exact) mass is 248 g/mol. The quantitative estimate of drug-likeness (QED) is 0.854. The minimum absolute atomic E-state index is 0.172. The molecule has 0 saturated carbocycles. The van der Waals surface area contributed by atoms with Crippen LogP contribution in [-0.2, 0) is 6.54 Å². The Morgan fingerprint density at radius 2 is 1.89 bits per heavy atom. The van der Waals surface area contributed by atoms with Gasteiger partial charge in [0.05, 0.1) is 0 Å². The fourth-order valence-corrected chi connectivity index (χ4v) is 2.08. The second-order valence-electron chi connectivity index (χ2n) is 6.15. The molecule has 2 heteroatoms. The molecule has 0 amide bonds. The lowest BCUT2D eigenvalue weighted by Crippen LogP contribution is -2.35. The highest BCUT2D eigenvalue weighted by molar-refractivity contribution is 5.53. The van der Waals surface area contributed by atoms with Crippen molar-refractivity contribution in [2.75, 3.05) is 18.5 Å². The number of hydrogen-bond acceptors (Lipinski definition) is 2. The van der Waals surface area contributed by atoms with Crippen LogP contribution < -0.4 is 10.2 Å². The first-order valence-electron chi connectivity index (χ1n) is 6.89. The molecular weight excluding hydrogens is 220 g/mol. The van der Waals surface area contributed by atoms with E-state index in [0.717, 1.165) is 13.1 Å². The van der Waals surface area contributed by atoms with Crippen molar-refractivity contribution in [2.45, 2.75) is 53.1 Å². The Labute approximate surface area is 112 Å². The number of nitrogens with one attached hydrogen (secondary N) is 1. The Bertz CT molecular complexity index is 377. The lowest BCUT2D eigenvalue weighted by Gasteiger charge is -2.23. The van der Waals surface area contributed by atoms with E-state index in [9.17, 15) is 0 Å². The zero-order chi connectivity index (χ0) is 13.8. The van der Waals surface area contributed by atoms with Crippen LogP contribution in [0, 0.1) is 6.92 Å². The standard InChI is InChI=1S/C16H28N2/c1-7-10-18(6)15-9-8-14(11-13(15)2)12-17-16(3,4)5/h8-9,11,17H,7,10,12H2,1-6H3. The molecule has 1 aromatic rings. The number of anilines is 1. The first kappa shape index (κ1) is 15.0. The Hall–Kier alpha value is -1.02. The highest BCUT2D eigenvalue weighted by Gasteiger charge is 2.09. The Balaban J connectivity index is 2.73. The summed E-state index contributed by atoms with van der Waals surface area (Å²) in [4.78, 5) is 2.33. The highest BCUT2D eigenvalue weighted by Crippen LogP contribution is 2.20. The molecule has 0 aromatic heterocycles. The molecule has 0 spiro atoms. The van der Waals surface area contributed by atoms with Crippen molar-refractivity contribution in [3.63, 3.8) is 0 Å². The predicted molar refractivity (Wildman–Crippen MR) is 81.3 cm³/mol. The third-order valence-electron chi connectivity index (χ3n) is 3.05. The lowest BCUT2D eigenvalue weighted by molar-refractivity contribution is 0.424. The number of hydrogen-bond donors (Lipinski definition) is 1. The van der Waals surface area contributed by atoms with Crippen LogP contribution in [0.1, 0.15) is 45.2 Å². The minimum atomic E-state index is 0.172. The summed E-state index contributed by atoms with van der Waals surface area (Å²) in [5.41, 5.74) is 4.23. The highest BCUT2D eigenvalue weighted by atomic mass is 15.1. The maximum atomic E-state index is 3.53. The van der Waals surface area contributed by atoms with Crippen LogP contribution in [0.3, 0.4) is 0 Å². The number of rotatable bonds is 5. The van der Waals surface area contributed by atoms with E-state index in [-0.39, 0.29) is 5.54 Å². The van der Waals surface area contributed by atoms with Gasteiger partial charge in [-0.1, -0.05) is 19.1 Å². The van der Waals surface area contributed by atoms with Gasteiger partial charge in [-0.2, -0.15) is 0 Å². The molecule has 0 radical (unpaired) electrons. The van der Waals surface area contributed by atoms with E-state index in [1.54, 1.807) is 0 Å². The second kappa shape index (κ2) is 6.24. The van der Waals surface area contributed by atoms with Gasteiger partial charge in [-0.25, -0.2) is 0 Å². The van der Waals surface area contributed by atoms with Gasteiger partial charge in [0.1, 0.15) is 0 Å². The molecule has 0 heterocycles. The predicted octanol–water partition coefficient (Wildman–Crippen LogP) is 3.73. The van der Waals surface area contributed by atoms with E-state index < -0.39 is 0 Å². The molecular formula is C16H28N2. The third kappa shape index (κ3) is 4.69. The van der Waals surface area contributed by atoms with Gasteiger partial charge >= 0.3 is 0 Å². The maximum Gasteiger partial charge on any atom is 0.0393 e. The van der Waals surface area contributed by atoms with Gasteiger partial charge in [0, 0.05) is 31.4 Å². The van der Waals surface area contributed by atoms with Crippen LogP contribution in [0.25, 0.3) is 0 Å². The molecule has 2 nitrogen and oxygen atoms in total. The zero-order valence-corrected chi connectivity index (χ0v) is 12.8. The van der Waals surface area contributed by atoms with Crippen molar-refractivity contribution in [2.24, 2.45) is 0 Å². The Morgan fingerprint density at radius 3 is 2.39 bits per heavy atom. The molecule has 0 bridgehead atoms. The third-order valence-corrected chi connectivity index (χ3v) is 3.05. The van der Waals surface area contributed by atoms with Crippen LogP contribution in [0.4, 0.5) is 5.69 Å². The van der Waals surface area contributed by atoms with E-state index in [2.05, 4.69) is 70.1 Å². The maximum absolute atomic E-state index is 3.53. The average molecular weight is 248 g/mol. The average Bonchev–Trinajstić information content (AvgIpc) is 2.25. The summed E-state index contributed by atoms with van der Waals surface area (Å²) in [5.74, 6) is 0. The van der Waals surface area contributed by atoms with Crippen LogP contribution in [0.5, 0.6) is 0 Å². The summed E-state index contributed by atoms with van der Waals surface area (Å²) in [6.07, 6.45) is 1.18. The van der Waals surface area contributed by atoms with E-state index in [0.29, 0.717) is 0 Å². The van der Waals surface area contributed by atoms with Crippen molar-refractivity contribution in [1.29, 1.82) is 0 Å². The van der Waals surface area contributed by atoms with Crippen molar-refractivity contribution in [1.82, 2.24) is 5.32 Å². The van der Waals surface area contributed by atoms with Gasteiger partial charge in [-0.05, 0) is 51.3 Å². The summed E-state index contributed by atoms with van der Waals surface area (Å²) in [6, 6.07) is 6.76. The number of aryl methyl sites for hydroxylation is 1.